The molecule has 0 fully saturated rings. The van der Waals surface area contributed by atoms with Gasteiger partial charge in [-0.15, -0.1) is 0 Å². The number of ether oxygens (including phenoxy) is 1. The maximum atomic E-state index is 9.50. The van der Waals surface area contributed by atoms with Crippen molar-refractivity contribution in [3.05, 3.63) is 28.8 Å². The second-order valence-corrected chi connectivity index (χ2v) is 4.01. The second-order valence-electron chi connectivity index (χ2n) is 4.01. The van der Waals surface area contributed by atoms with Gasteiger partial charge in [0.15, 0.2) is 0 Å². The van der Waals surface area contributed by atoms with E-state index in [-0.39, 0.29) is 0 Å². The van der Waals surface area contributed by atoms with E-state index in [2.05, 4.69) is 6.92 Å². The number of hydrogen-bond acceptors (Lipinski definition) is 2. The minimum absolute atomic E-state index is 0.414. The molecule has 0 aromatic heterocycles. The summed E-state index contributed by atoms with van der Waals surface area (Å²) in [4.78, 5) is 0. The van der Waals surface area contributed by atoms with E-state index < -0.39 is 6.10 Å². The molecule has 1 atom stereocenters. The Morgan fingerprint density at radius 2 is 1.80 bits per heavy atom. The highest BCUT2D eigenvalue weighted by atomic mass is 16.5. The second kappa shape index (κ2) is 5.17. The molecule has 1 rings (SSSR count). The van der Waals surface area contributed by atoms with Gasteiger partial charge in [0.05, 0.1) is 12.7 Å². The summed E-state index contributed by atoms with van der Waals surface area (Å²) in [6.07, 6.45) is 0.597. The van der Waals surface area contributed by atoms with Gasteiger partial charge in [-0.05, 0) is 56.0 Å². The molecule has 1 aromatic rings. The van der Waals surface area contributed by atoms with Crippen LogP contribution in [0.2, 0.25) is 0 Å². The largest absolute Gasteiger partial charge is 0.493 e. The number of aliphatic hydroxyl groups excluding tert-OH is 1. The fourth-order valence-corrected chi connectivity index (χ4v) is 1.66. The first-order valence-corrected chi connectivity index (χ1v) is 5.48. The lowest BCUT2D eigenvalue weighted by Crippen LogP contribution is -2.01. The summed E-state index contributed by atoms with van der Waals surface area (Å²) < 4.78 is 5.67. The molecule has 0 aliphatic heterocycles. The fourth-order valence-electron chi connectivity index (χ4n) is 1.66. The Kier molecular flexibility index (Phi) is 4.15. The average Bonchev–Trinajstić information content (AvgIpc) is 2.16. The predicted octanol–water partition coefficient (Wildman–Crippen LogP) is 3.15. The van der Waals surface area contributed by atoms with Crippen LogP contribution in [0.15, 0.2) is 12.1 Å². The van der Waals surface area contributed by atoms with E-state index in [4.69, 9.17) is 4.74 Å². The number of rotatable bonds is 4. The summed E-state index contributed by atoms with van der Waals surface area (Å²) in [5.41, 5.74) is 3.15. The quantitative estimate of drug-likeness (QED) is 0.823. The van der Waals surface area contributed by atoms with E-state index in [1.165, 1.54) is 0 Å². The molecule has 2 heteroatoms. The third kappa shape index (κ3) is 2.96. The zero-order valence-electron chi connectivity index (χ0n) is 10.0. The van der Waals surface area contributed by atoms with Crippen molar-refractivity contribution in [2.45, 2.75) is 40.2 Å². The molecule has 0 aliphatic carbocycles. The molecule has 0 unspecified atom stereocenters. The predicted molar refractivity (Wildman–Crippen MR) is 62.3 cm³/mol. The Balaban J connectivity index is 2.99. The minimum atomic E-state index is -0.414. The first kappa shape index (κ1) is 12.1. The van der Waals surface area contributed by atoms with Gasteiger partial charge in [-0.25, -0.2) is 0 Å². The van der Waals surface area contributed by atoms with Crippen LogP contribution >= 0.6 is 0 Å². The van der Waals surface area contributed by atoms with Crippen LogP contribution in [0.3, 0.4) is 0 Å². The summed E-state index contributed by atoms with van der Waals surface area (Å²) in [6.45, 7) is 8.65. The zero-order valence-corrected chi connectivity index (χ0v) is 10.0. The molecule has 2 nitrogen and oxygen atoms in total. The molecular formula is C13H20O2. The van der Waals surface area contributed by atoms with Crippen molar-refractivity contribution in [2.24, 2.45) is 0 Å². The summed E-state index contributed by atoms with van der Waals surface area (Å²) in [5, 5.41) is 9.50. The topological polar surface area (TPSA) is 29.5 Å². The zero-order chi connectivity index (χ0) is 11.4. The molecule has 0 saturated heterocycles. The lowest BCUT2D eigenvalue weighted by Gasteiger charge is -2.14. The van der Waals surface area contributed by atoms with Crippen molar-refractivity contribution in [1.82, 2.24) is 0 Å². The average molecular weight is 208 g/mol. The summed E-state index contributed by atoms with van der Waals surface area (Å²) >= 11 is 0. The van der Waals surface area contributed by atoms with Crippen LogP contribution < -0.4 is 4.74 Å². The Morgan fingerprint density at radius 3 is 2.20 bits per heavy atom. The highest BCUT2D eigenvalue weighted by Crippen LogP contribution is 2.27. The summed E-state index contributed by atoms with van der Waals surface area (Å²) in [5.74, 6) is 0.959. The van der Waals surface area contributed by atoms with Gasteiger partial charge >= 0.3 is 0 Å². The monoisotopic (exact) mass is 208 g/mol. The van der Waals surface area contributed by atoms with Crippen molar-refractivity contribution in [1.29, 1.82) is 0 Å². The van der Waals surface area contributed by atoms with Gasteiger partial charge in [-0.3, -0.25) is 0 Å². The van der Waals surface area contributed by atoms with Crippen LogP contribution in [0, 0.1) is 13.8 Å². The van der Waals surface area contributed by atoms with Crippen molar-refractivity contribution < 1.29 is 9.84 Å². The van der Waals surface area contributed by atoms with Gasteiger partial charge in [0.25, 0.3) is 0 Å². The Hall–Kier alpha value is -1.02. The van der Waals surface area contributed by atoms with E-state index >= 15 is 0 Å². The van der Waals surface area contributed by atoms with Crippen LogP contribution in [0.1, 0.15) is 43.1 Å². The number of aryl methyl sites for hydroxylation is 2. The Morgan fingerprint density at radius 1 is 1.27 bits per heavy atom. The highest BCUT2D eigenvalue weighted by Gasteiger charge is 2.08. The smallest absolute Gasteiger partial charge is 0.125 e. The third-order valence-corrected chi connectivity index (χ3v) is 2.42. The van der Waals surface area contributed by atoms with Gasteiger partial charge < -0.3 is 9.84 Å². The standard InChI is InChI=1S/C13H20O2/c1-5-6-15-13-9(2)7-12(11(4)14)8-10(13)3/h7-8,11,14H,5-6H2,1-4H3/t11-/m0/s1. The van der Waals surface area contributed by atoms with Crippen molar-refractivity contribution in [3.63, 3.8) is 0 Å². The van der Waals surface area contributed by atoms with Crippen molar-refractivity contribution >= 4 is 0 Å². The molecule has 0 radical (unpaired) electrons. The van der Waals surface area contributed by atoms with Crippen LogP contribution in [0.4, 0.5) is 0 Å². The van der Waals surface area contributed by atoms with Crippen LogP contribution in [-0.4, -0.2) is 11.7 Å². The molecule has 15 heavy (non-hydrogen) atoms. The minimum Gasteiger partial charge on any atom is -0.493 e. The molecule has 0 aliphatic rings. The molecule has 0 amide bonds. The van der Waals surface area contributed by atoms with Gasteiger partial charge in [0, 0.05) is 0 Å². The van der Waals surface area contributed by atoms with E-state index in [1.54, 1.807) is 6.92 Å². The van der Waals surface area contributed by atoms with Crippen LogP contribution in [-0.2, 0) is 0 Å². The van der Waals surface area contributed by atoms with Gasteiger partial charge in [0.1, 0.15) is 5.75 Å². The first-order valence-electron chi connectivity index (χ1n) is 5.48. The highest BCUT2D eigenvalue weighted by molar-refractivity contribution is 5.43. The summed E-state index contributed by atoms with van der Waals surface area (Å²) in [7, 11) is 0. The van der Waals surface area contributed by atoms with Gasteiger partial charge in [0.2, 0.25) is 0 Å². The number of benzene rings is 1. The molecule has 0 saturated carbocycles. The van der Waals surface area contributed by atoms with Crippen LogP contribution in [0.25, 0.3) is 0 Å². The maximum absolute atomic E-state index is 9.50. The van der Waals surface area contributed by atoms with E-state index in [1.807, 2.05) is 26.0 Å². The van der Waals surface area contributed by atoms with Crippen molar-refractivity contribution in [2.75, 3.05) is 6.61 Å². The molecule has 1 aromatic carbocycles. The van der Waals surface area contributed by atoms with Gasteiger partial charge in [-0.1, -0.05) is 6.92 Å². The molecular weight excluding hydrogens is 188 g/mol. The fraction of sp³-hybridized carbons (Fsp3) is 0.538. The Bertz CT molecular complexity index is 306. The number of aliphatic hydroxyl groups is 1. The maximum Gasteiger partial charge on any atom is 0.125 e. The lowest BCUT2D eigenvalue weighted by molar-refractivity contribution is 0.199. The molecule has 1 N–H and O–H groups in total. The van der Waals surface area contributed by atoms with E-state index in [0.29, 0.717) is 0 Å². The van der Waals surface area contributed by atoms with E-state index in [0.717, 1.165) is 35.5 Å². The normalized spacial score (nSPS) is 12.6. The van der Waals surface area contributed by atoms with Crippen LogP contribution in [0.5, 0.6) is 5.75 Å². The summed E-state index contributed by atoms with van der Waals surface area (Å²) in [6, 6.07) is 3.98. The molecule has 0 spiro atoms. The molecule has 0 bridgehead atoms. The van der Waals surface area contributed by atoms with Gasteiger partial charge in [-0.2, -0.15) is 0 Å². The van der Waals surface area contributed by atoms with Crippen molar-refractivity contribution in [3.8, 4) is 5.75 Å². The first-order chi connectivity index (χ1) is 7.06. The van der Waals surface area contributed by atoms with E-state index in [9.17, 15) is 5.11 Å². The molecule has 0 heterocycles. The third-order valence-electron chi connectivity index (χ3n) is 2.42. The number of hydrogen-bond donors (Lipinski definition) is 1. The lowest BCUT2D eigenvalue weighted by atomic mass is 10.0. The molecule has 84 valence electrons. The SMILES string of the molecule is CCCOc1c(C)cc([C@H](C)O)cc1C. The Labute approximate surface area is 91.9 Å².